The fraction of sp³-hybridized carbons (Fsp3) is 0.385. The Bertz CT molecular complexity index is 1100. The van der Waals surface area contributed by atoms with E-state index in [-0.39, 0.29) is 17.9 Å². The van der Waals surface area contributed by atoms with Gasteiger partial charge in [0, 0.05) is 23.6 Å². The number of aromatic nitrogens is 2. The summed E-state index contributed by atoms with van der Waals surface area (Å²) in [5.74, 6) is 0.916. The van der Waals surface area contributed by atoms with Gasteiger partial charge in [0.15, 0.2) is 0 Å². The molecule has 2 N–H and O–H groups in total. The minimum atomic E-state index is -4.60. The molecule has 3 aromatic rings. The van der Waals surface area contributed by atoms with E-state index in [4.69, 9.17) is 4.74 Å². The lowest BCUT2D eigenvalue weighted by atomic mass is 9.98. The monoisotopic (exact) mass is 470 g/mol. The van der Waals surface area contributed by atoms with Gasteiger partial charge in [-0.3, -0.25) is 0 Å². The lowest BCUT2D eigenvalue weighted by molar-refractivity contribution is -0.137. The van der Waals surface area contributed by atoms with E-state index < -0.39 is 11.7 Å². The van der Waals surface area contributed by atoms with Crippen LogP contribution in [0, 0.1) is 0 Å². The number of hydrogen-bond acceptors (Lipinski definition) is 5. The topological polar surface area (TPSA) is 59.1 Å². The number of rotatable bonds is 8. The molecule has 1 heterocycles. The molecule has 0 radical (unpaired) electrons. The molecule has 1 aromatic heterocycles. The van der Waals surface area contributed by atoms with Crippen LogP contribution in [0.15, 0.2) is 54.7 Å². The molecule has 34 heavy (non-hydrogen) atoms. The molecule has 2 aromatic carbocycles. The molecule has 0 saturated heterocycles. The van der Waals surface area contributed by atoms with Gasteiger partial charge in [0.25, 0.3) is 0 Å². The predicted molar refractivity (Wildman–Crippen MR) is 128 cm³/mol. The molecule has 1 aliphatic carbocycles. The highest BCUT2D eigenvalue weighted by Gasteiger charge is 2.35. The molecule has 1 fully saturated rings. The van der Waals surface area contributed by atoms with Crippen LogP contribution in [0.3, 0.4) is 0 Å². The Hall–Kier alpha value is -3.29. The first-order valence-electron chi connectivity index (χ1n) is 11.7. The number of alkyl halides is 3. The van der Waals surface area contributed by atoms with Gasteiger partial charge in [0.2, 0.25) is 5.95 Å². The average Bonchev–Trinajstić information content (AvgIpc) is 3.34. The van der Waals surface area contributed by atoms with Crippen molar-refractivity contribution in [2.24, 2.45) is 0 Å². The summed E-state index contributed by atoms with van der Waals surface area (Å²) >= 11 is 0. The van der Waals surface area contributed by atoms with Crippen molar-refractivity contribution in [2.75, 3.05) is 10.6 Å². The summed E-state index contributed by atoms with van der Waals surface area (Å²) in [4.78, 5) is 8.05. The molecular formula is C26H29F3N4O. The zero-order valence-corrected chi connectivity index (χ0v) is 19.3. The number of anilines is 4. The van der Waals surface area contributed by atoms with Crippen molar-refractivity contribution in [2.45, 2.75) is 64.1 Å². The van der Waals surface area contributed by atoms with Gasteiger partial charge < -0.3 is 15.4 Å². The molecule has 0 bridgehead atoms. The molecule has 4 rings (SSSR count). The number of nitrogens with zero attached hydrogens (tertiary/aromatic N) is 2. The van der Waals surface area contributed by atoms with Gasteiger partial charge in [0.1, 0.15) is 17.1 Å². The van der Waals surface area contributed by atoms with Crippen molar-refractivity contribution < 1.29 is 17.9 Å². The molecule has 180 valence electrons. The highest BCUT2D eigenvalue weighted by Crippen LogP contribution is 2.37. The van der Waals surface area contributed by atoms with E-state index >= 15 is 0 Å². The van der Waals surface area contributed by atoms with Crippen molar-refractivity contribution >= 4 is 23.1 Å². The van der Waals surface area contributed by atoms with Crippen LogP contribution >= 0.6 is 0 Å². The van der Waals surface area contributed by atoms with Gasteiger partial charge in [-0.05, 0) is 61.9 Å². The highest BCUT2D eigenvalue weighted by atomic mass is 19.4. The van der Waals surface area contributed by atoms with Crippen LogP contribution in [0.1, 0.15) is 63.0 Å². The van der Waals surface area contributed by atoms with Crippen molar-refractivity contribution in [1.82, 2.24) is 9.97 Å². The summed E-state index contributed by atoms with van der Waals surface area (Å²) in [6.45, 7) is 3.94. The summed E-state index contributed by atoms with van der Waals surface area (Å²) in [5, 5.41) is 5.81. The second-order valence-corrected chi connectivity index (χ2v) is 8.67. The Morgan fingerprint density at radius 2 is 1.76 bits per heavy atom. The quantitative estimate of drug-likeness (QED) is 0.351. The normalized spacial score (nSPS) is 15.2. The van der Waals surface area contributed by atoms with Crippen molar-refractivity contribution in [3.63, 3.8) is 0 Å². The Balaban J connectivity index is 1.55. The third-order valence-electron chi connectivity index (χ3n) is 6.10. The third-order valence-corrected chi connectivity index (χ3v) is 6.10. The van der Waals surface area contributed by atoms with Crippen LogP contribution in [0.2, 0.25) is 0 Å². The fourth-order valence-electron chi connectivity index (χ4n) is 4.07. The summed E-state index contributed by atoms with van der Waals surface area (Å²) in [6, 6.07) is 14.8. The van der Waals surface area contributed by atoms with E-state index in [0.717, 1.165) is 18.3 Å². The molecule has 0 spiro atoms. The first kappa shape index (κ1) is 23.9. The first-order chi connectivity index (χ1) is 16.3. The van der Waals surface area contributed by atoms with Crippen LogP contribution in [0.5, 0.6) is 5.75 Å². The number of nitrogens with one attached hydrogen (secondary N) is 2. The SMILES string of the molecule is CCC(C)Oc1cccc(Nc2nc(Nc3ccc(C4CCCC4)cc3)ncc2C(F)(F)F)c1. The second kappa shape index (κ2) is 10.3. The maximum atomic E-state index is 13.6. The summed E-state index contributed by atoms with van der Waals surface area (Å²) in [6.07, 6.45) is 1.92. The fourth-order valence-corrected chi connectivity index (χ4v) is 4.07. The van der Waals surface area contributed by atoms with Crippen LogP contribution < -0.4 is 15.4 Å². The van der Waals surface area contributed by atoms with Crippen molar-refractivity contribution in [3.8, 4) is 5.75 Å². The minimum absolute atomic E-state index is 0.00380. The van der Waals surface area contributed by atoms with E-state index in [1.165, 1.54) is 31.2 Å². The third kappa shape index (κ3) is 5.98. The summed E-state index contributed by atoms with van der Waals surface area (Å²) < 4.78 is 46.7. The number of benzene rings is 2. The van der Waals surface area contributed by atoms with Crippen LogP contribution in [0.4, 0.5) is 36.3 Å². The van der Waals surface area contributed by atoms with Crippen molar-refractivity contribution in [1.29, 1.82) is 0 Å². The standard InChI is InChI=1S/C26H29F3N4O/c1-3-17(2)34-22-10-6-9-21(15-22)31-24-23(26(27,28)29)16-30-25(33-24)32-20-13-11-19(12-14-20)18-7-4-5-8-18/h6,9-18H,3-5,7-8H2,1-2H3,(H2,30,31,32,33). The van der Waals surface area contributed by atoms with Gasteiger partial charge in [-0.25, -0.2) is 4.98 Å². The lowest BCUT2D eigenvalue weighted by Crippen LogP contribution is -2.13. The molecule has 1 atom stereocenters. The second-order valence-electron chi connectivity index (χ2n) is 8.67. The molecule has 0 aliphatic heterocycles. The van der Waals surface area contributed by atoms with Crippen LogP contribution in [0.25, 0.3) is 0 Å². The first-order valence-corrected chi connectivity index (χ1v) is 11.7. The van der Waals surface area contributed by atoms with Gasteiger partial charge >= 0.3 is 6.18 Å². The largest absolute Gasteiger partial charge is 0.491 e. The van der Waals surface area contributed by atoms with Gasteiger partial charge in [-0.15, -0.1) is 0 Å². The molecule has 1 saturated carbocycles. The highest BCUT2D eigenvalue weighted by molar-refractivity contribution is 5.64. The zero-order valence-electron chi connectivity index (χ0n) is 19.3. The molecule has 0 amide bonds. The molecule has 5 nitrogen and oxygen atoms in total. The Morgan fingerprint density at radius 3 is 2.44 bits per heavy atom. The Labute approximate surface area is 197 Å². The molecular weight excluding hydrogens is 441 g/mol. The number of ether oxygens (including phenoxy) is 1. The van der Waals surface area contributed by atoms with E-state index in [1.54, 1.807) is 24.3 Å². The van der Waals surface area contributed by atoms with E-state index in [0.29, 0.717) is 17.4 Å². The van der Waals surface area contributed by atoms with Crippen molar-refractivity contribution in [3.05, 3.63) is 65.9 Å². The van der Waals surface area contributed by atoms with Crippen LogP contribution in [-0.4, -0.2) is 16.1 Å². The smallest absolute Gasteiger partial charge is 0.421 e. The van der Waals surface area contributed by atoms with E-state index in [9.17, 15) is 13.2 Å². The maximum Gasteiger partial charge on any atom is 0.421 e. The van der Waals surface area contributed by atoms with Gasteiger partial charge in [-0.2, -0.15) is 18.2 Å². The molecule has 8 heteroatoms. The minimum Gasteiger partial charge on any atom is -0.491 e. The lowest BCUT2D eigenvalue weighted by Gasteiger charge is -2.17. The predicted octanol–water partition coefficient (Wildman–Crippen LogP) is 7.82. The number of hydrogen-bond donors (Lipinski definition) is 2. The zero-order chi connectivity index (χ0) is 24.1. The molecule has 1 unspecified atom stereocenters. The Kier molecular flexibility index (Phi) is 7.24. The summed E-state index contributed by atoms with van der Waals surface area (Å²) in [7, 11) is 0. The van der Waals surface area contributed by atoms with E-state index in [1.807, 2.05) is 26.0 Å². The van der Waals surface area contributed by atoms with Crippen LogP contribution in [-0.2, 0) is 6.18 Å². The molecule has 1 aliphatic rings. The maximum absolute atomic E-state index is 13.6. The summed E-state index contributed by atoms with van der Waals surface area (Å²) in [5.41, 5.74) is 1.51. The Morgan fingerprint density at radius 1 is 1.03 bits per heavy atom. The number of halogens is 3. The van der Waals surface area contributed by atoms with E-state index in [2.05, 4.69) is 32.7 Å². The van der Waals surface area contributed by atoms with Gasteiger partial charge in [0.05, 0.1) is 6.10 Å². The van der Waals surface area contributed by atoms with Gasteiger partial charge in [-0.1, -0.05) is 38.0 Å². The average molecular weight is 471 g/mol.